The molecule has 0 aliphatic heterocycles. The van der Waals surface area contributed by atoms with Gasteiger partial charge in [0.15, 0.2) is 12.9 Å². The number of sulfonamides is 1. The Kier molecular flexibility index (Phi) is 7.57. The average molecular weight is 417 g/mol. The monoisotopic (exact) mass is 417 g/mol. The predicted molar refractivity (Wildman–Crippen MR) is 96.3 cm³/mol. The number of benzene rings is 2. The number of rotatable bonds is 9. The van der Waals surface area contributed by atoms with Gasteiger partial charge in [0.25, 0.3) is 0 Å². The molecule has 0 aliphatic carbocycles. The largest absolute Gasteiger partial charge is 0.482 e. The summed E-state index contributed by atoms with van der Waals surface area (Å²) in [6.07, 6.45) is -1.83. The van der Waals surface area contributed by atoms with Crippen LogP contribution in [0.15, 0.2) is 58.3 Å². The summed E-state index contributed by atoms with van der Waals surface area (Å²) >= 11 is 1.10. The van der Waals surface area contributed by atoms with Crippen molar-refractivity contribution < 1.29 is 31.5 Å². The fourth-order valence-corrected chi connectivity index (χ4v) is 3.79. The smallest absolute Gasteiger partial charge is 0.343 e. The minimum atomic E-state index is -4.07. The summed E-state index contributed by atoms with van der Waals surface area (Å²) in [5, 5.41) is 0. The molecule has 146 valence electrons. The molecular weight excluding hydrogens is 400 g/mol. The second-order valence-electron chi connectivity index (χ2n) is 5.19. The minimum Gasteiger partial charge on any atom is -0.482 e. The Morgan fingerprint density at radius 2 is 1.78 bits per heavy atom. The maximum absolute atomic E-state index is 14.0. The molecule has 0 amide bonds. The first kappa shape index (κ1) is 21.1. The van der Waals surface area contributed by atoms with Crippen LogP contribution in [0.4, 0.5) is 8.78 Å². The number of halogens is 2. The molecule has 0 fully saturated rings. The first-order valence-corrected chi connectivity index (χ1v) is 10.1. The summed E-state index contributed by atoms with van der Waals surface area (Å²) in [5.74, 6) is -0.816. The van der Waals surface area contributed by atoms with Crippen molar-refractivity contribution in [2.24, 2.45) is 0 Å². The zero-order chi connectivity index (χ0) is 19.9. The quantitative estimate of drug-likeness (QED) is 0.384. The highest BCUT2D eigenvalue weighted by Gasteiger charge is 2.19. The predicted octanol–water partition coefficient (Wildman–Crippen LogP) is 2.74. The van der Waals surface area contributed by atoms with Crippen molar-refractivity contribution in [1.82, 2.24) is 4.72 Å². The minimum absolute atomic E-state index is 0.164. The fourth-order valence-electron chi connectivity index (χ4n) is 1.89. The fraction of sp³-hybridized carbons (Fsp3) is 0.235. The summed E-state index contributed by atoms with van der Waals surface area (Å²) in [7, 11) is -2.82. The molecule has 2 rings (SSSR count). The highest BCUT2D eigenvalue weighted by atomic mass is 32.2. The summed E-state index contributed by atoms with van der Waals surface area (Å²) in [5.41, 5.74) is 0. The Morgan fingerprint density at radius 3 is 2.37 bits per heavy atom. The lowest BCUT2D eigenvalue weighted by atomic mass is 10.3. The second kappa shape index (κ2) is 9.67. The van der Waals surface area contributed by atoms with E-state index in [1.54, 1.807) is 24.3 Å². The van der Waals surface area contributed by atoms with Gasteiger partial charge in [-0.05, 0) is 48.5 Å². The van der Waals surface area contributed by atoms with E-state index in [4.69, 9.17) is 4.74 Å². The number of methoxy groups -OCH3 is 1. The van der Waals surface area contributed by atoms with E-state index in [9.17, 15) is 22.0 Å². The van der Waals surface area contributed by atoms with Crippen LogP contribution in [0.5, 0.6) is 5.75 Å². The number of thioether (sulfide) groups is 1. The SMILES string of the molecule is COC(=O)COc1ccc(SCC(F)NS(=O)(=O)c2ccc(F)cc2)cc1. The number of hydrogen-bond acceptors (Lipinski definition) is 6. The van der Waals surface area contributed by atoms with Crippen molar-refractivity contribution in [3.8, 4) is 5.75 Å². The maximum Gasteiger partial charge on any atom is 0.343 e. The van der Waals surface area contributed by atoms with E-state index in [0.717, 1.165) is 36.0 Å². The van der Waals surface area contributed by atoms with Crippen LogP contribution in [0.25, 0.3) is 0 Å². The van der Waals surface area contributed by atoms with E-state index in [1.807, 2.05) is 4.72 Å². The van der Waals surface area contributed by atoms with E-state index in [2.05, 4.69) is 4.74 Å². The van der Waals surface area contributed by atoms with Gasteiger partial charge < -0.3 is 9.47 Å². The third kappa shape index (κ3) is 6.81. The Labute approximate surface area is 159 Å². The van der Waals surface area contributed by atoms with Gasteiger partial charge in [-0.3, -0.25) is 0 Å². The highest BCUT2D eigenvalue weighted by Crippen LogP contribution is 2.23. The van der Waals surface area contributed by atoms with Gasteiger partial charge in [0, 0.05) is 10.6 Å². The molecule has 10 heteroatoms. The number of esters is 1. The molecule has 2 aromatic rings. The number of carbonyl (C=O) groups excluding carboxylic acids is 1. The lowest BCUT2D eigenvalue weighted by Crippen LogP contribution is -2.33. The molecule has 0 aliphatic rings. The summed E-state index contributed by atoms with van der Waals surface area (Å²) in [4.78, 5) is 11.5. The number of hydrogen-bond donors (Lipinski definition) is 1. The van der Waals surface area contributed by atoms with Crippen LogP contribution in [-0.2, 0) is 19.6 Å². The number of nitrogens with one attached hydrogen (secondary N) is 1. The molecule has 0 saturated heterocycles. The van der Waals surface area contributed by atoms with Gasteiger partial charge in [-0.2, -0.15) is 4.72 Å². The number of carbonyl (C=O) groups is 1. The van der Waals surface area contributed by atoms with Gasteiger partial charge in [0.2, 0.25) is 10.0 Å². The molecule has 27 heavy (non-hydrogen) atoms. The third-order valence-corrected chi connectivity index (χ3v) is 5.74. The molecule has 2 aromatic carbocycles. The normalized spacial score (nSPS) is 12.4. The number of alkyl halides is 1. The molecule has 1 N–H and O–H groups in total. The van der Waals surface area contributed by atoms with Gasteiger partial charge >= 0.3 is 5.97 Å². The first-order chi connectivity index (χ1) is 12.8. The Bertz CT molecular complexity index is 858. The summed E-state index contributed by atoms with van der Waals surface area (Å²) < 4.78 is 62.5. The van der Waals surface area contributed by atoms with Crippen LogP contribution in [0.1, 0.15) is 0 Å². The van der Waals surface area contributed by atoms with Crippen LogP contribution in [0.3, 0.4) is 0 Å². The lowest BCUT2D eigenvalue weighted by molar-refractivity contribution is -0.142. The van der Waals surface area contributed by atoms with Gasteiger partial charge in [0.05, 0.1) is 12.0 Å². The highest BCUT2D eigenvalue weighted by molar-refractivity contribution is 7.99. The van der Waals surface area contributed by atoms with Crippen LogP contribution < -0.4 is 9.46 Å². The molecular formula is C17H17F2NO5S2. The molecule has 0 heterocycles. The van der Waals surface area contributed by atoms with Gasteiger partial charge in [-0.1, -0.05) is 0 Å². The Balaban J connectivity index is 1.85. The lowest BCUT2D eigenvalue weighted by Gasteiger charge is -2.11. The Hall–Kier alpha value is -2.17. The molecule has 1 unspecified atom stereocenters. The van der Waals surface area contributed by atoms with Gasteiger partial charge in [0.1, 0.15) is 11.6 Å². The topological polar surface area (TPSA) is 81.7 Å². The molecule has 0 radical (unpaired) electrons. The van der Waals surface area contributed by atoms with Crippen LogP contribution in [0, 0.1) is 5.82 Å². The molecule has 6 nitrogen and oxygen atoms in total. The van der Waals surface area contributed by atoms with Crippen molar-refractivity contribution >= 4 is 27.8 Å². The van der Waals surface area contributed by atoms with Crippen LogP contribution in [-0.4, -0.2) is 40.2 Å². The second-order valence-corrected chi connectivity index (χ2v) is 8.00. The standard InChI is InChI=1S/C17H17F2NO5S2/c1-24-17(21)10-25-13-4-6-14(7-5-13)26-11-16(19)20-27(22,23)15-8-2-12(18)3-9-15/h2-9,16,20H,10-11H2,1H3. The summed E-state index contributed by atoms with van der Waals surface area (Å²) in [6, 6.07) is 10.6. The van der Waals surface area contributed by atoms with Crippen molar-refractivity contribution in [3.63, 3.8) is 0 Å². The molecule has 0 bridgehead atoms. The Morgan fingerprint density at radius 1 is 1.15 bits per heavy atom. The first-order valence-electron chi connectivity index (χ1n) is 7.64. The van der Waals surface area contributed by atoms with E-state index < -0.39 is 28.1 Å². The zero-order valence-electron chi connectivity index (χ0n) is 14.2. The number of ether oxygens (including phenoxy) is 2. The van der Waals surface area contributed by atoms with Gasteiger partial charge in [-0.25, -0.2) is 22.0 Å². The van der Waals surface area contributed by atoms with E-state index in [0.29, 0.717) is 10.6 Å². The van der Waals surface area contributed by atoms with E-state index >= 15 is 0 Å². The zero-order valence-corrected chi connectivity index (χ0v) is 15.9. The third-order valence-electron chi connectivity index (χ3n) is 3.21. The molecule has 0 aromatic heterocycles. The van der Waals surface area contributed by atoms with E-state index in [1.165, 1.54) is 7.11 Å². The van der Waals surface area contributed by atoms with Crippen molar-refractivity contribution in [1.29, 1.82) is 0 Å². The van der Waals surface area contributed by atoms with Crippen LogP contribution >= 0.6 is 11.8 Å². The van der Waals surface area contributed by atoms with Crippen LogP contribution in [0.2, 0.25) is 0 Å². The molecule has 0 spiro atoms. The van der Waals surface area contributed by atoms with Gasteiger partial charge in [-0.15, -0.1) is 11.8 Å². The average Bonchev–Trinajstić information content (AvgIpc) is 2.65. The van der Waals surface area contributed by atoms with Crippen molar-refractivity contribution in [2.45, 2.75) is 16.1 Å². The maximum atomic E-state index is 14.0. The van der Waals surface area contributed by atoms with E-state index in [-0.39, 0.29) is 17.3 Å². The van der Waals surface area contributed by atoms with Crippen molar-refractivity contribution in [3.05, 3.63) is 54.3 Å². The summed E-state index contributed by atoms with van der Waals surface area (Å²) in [6.45, 7) is -0.222. The van der Waals surface area contributed by atoms with Crippen molar-refractivity contribution in [2.75, 3.05) is 19.5 Å². The molecule has 0 saturated carbocycles. The molecule has 1 atom stereocenters.